The summed E-state index contributed by atoms with van der Waals surface area (Å²) in [7, 11) is 0. The first-order valence-corrected chi connectivity index (χ1v) is 8.63. The van der Waals surface area contributed by atoms with Crippen molar-refractivity contribution in [1.82, 2.24) is 9.88 Å². The van der Waals surface area contributed by atoms with E-state index < -0.39 is 0 Å². The highest BCUT2D eigenvalue weighted by Gasteiger charge is 2.53. The van der Waals surface area contributed by atoms with Crippen molar-refractivity contribution in [3.05, 3.63) is 24.5 Å². The van der Waals surface area contributed by atoms with Gasteiger partial charge in [-0.05, 0) is 44.0 Å². The predicted octanol–water partition coefficient (Wildman–Crippen LogP) is 2.95. The van der Waals surface area contributed by atoms with Gasteiger partial charge in [-0.1, -0.05) is 26.7 Å². The van der Waals surface area contributed by atoms with Gasteiger partial charge in [-0.3, -0.25) is 9.78 Å². The normalized spacial score (nSPS) is 21.4. The predicted molar refractivity (Wildman–Crippen MR) is 88.8 cm³/mol. The Morgan fingerprint density at radius 1 is 1.27 bits per heavy atom. The minimum absolute atomic E-state index is 0.0831. The molecule has 3 rings (SSSR count). The summed E-state index contributed by atoms with van der Waals surface area (Å²) in [6.45, 7) is 8.77. The molecule has 3 heterocycles. The monoisotopic (exact) mass is 301 g/mol. The summed E-state index contributed by atoms with van der Waals surface area (Å²) in [6.07, 6.45) is 8.08. The summed E-state index contributed by atoms with van der Waals surface area (Å²) in [5.74, 6) is 1.11. The molecule has 1 amide bonds. The highest BCUT2D eigenvalue weighted by molar-refractivity contribution is 6.04. The van der Waals surface area contributed by atoms with Crippen molar-refractivity contribution in [2.75, 3.05) is 31.1 Å². The van der Waals surface area contributed by atoms with Crippen LogP contribution in [-0.4, -0.2) is 42.0 Å². The standard InChI is InChI=1S/C18H27N3O/c1-3-15(4-2)13-20-10-7-18(8-11-20)14-21(17(18)22)16-6-5-9-19-12-16/h5-6,9,12,15H,3-4,7-8,10-11,13-14H2,1-2H3. The molecule has 0 N–H and O–H groups in total. The molecule has 1 aromatic rings. The smallest absolute Gasteiger partial charge is 0.235 e. The van der Waals surface area contributed by atoms with Gasteiger partial charge in [0.2, 0.25) is 5.91 Å². The van der Waals surface area contributed by atoms with Gasteiger partial charge in [-0.2, -0.15) is 0 Å². The van der Waals surface area contributed by atoms with Gasteiger partial charge in [0.25, 0.3) is 0 Å². The molecule has 2 saturated heterocycles. The molecule has 0 atom stereocenters. The van der Waals surface area contributed by atoms with Gasteiger partial charge in [-0.15, -0.1) is 0 Å². The number of β-lactam (4-membered cyclic amide) rings is 1. The Kier molecular flexibility index (Phi) is 4.48. The molecule has 2 aliphatic heterocycles. The zero-order valence-corrected chi connectivity index (χ0v) is 13.8. The van der Waals surface area contributed by atoms with Crippen molar-refractivity contribution in [2.45, 2.75) is 39.5 Å². The molecule has 0 aliphatic carbocycles. The number of carbonyl (C=O) groups excluding carboxylic acids is 1. The maximum atomic E-state index is 12.7. The number of pyridine rings is 1. The number of nitrogens with zero attached hydrogens (tertiary/aromatic N) is 3. The maximum absolute atomic E-state index is 12.7. The van der Waals surface area contributed by atoms with Crippen LogP contribution in [0.4, 0.5) is 5.69 Å². The molecule has 1 spiro atoms. The van der Waals surface area contributed by atoms with Crippen LogP contribution < -0.4 is 4.90 Å². The highest BCUT2D eigenvalue weighted by Crippen LogP contribution is 2.43. The van der Waals surface area contributed by atoms with Crippen LogP contribution in [0.15, 0.2) is 24.5 Å². The number of aromatic nitrogens is 1. The zero-order valence-electron chi connectivity index (χ0n) is 13.8. The van der Waals surface area contributed by atoms with Crippen molar-refractivity contribution in [3.8, 4) is 0 Å². The highest BCUT2D eigenvalue weighted by atomic mass is 16.2. The second-order valence-corrected chi connectivity index (χ2v) is 6.87. The van der Waals surface area contributed by atoms with Crippen molar-refractivity contribution in [2.24, 2.45) is 11.3 Å². The van der Waals surface area contributed by atoms with Crippen LogP contribution >= 0.6 is 0 Å². The Labute approximate surface area is 133 Å². The average Bonchev–Trinajstić information content (AvgIpc) is 2.59. The maximum Gasteiger partial charge on any atom is 0.235 e. The number of hydrogen-bond acceptors (Lipinski definition) is 3. The van der Waals surface area contributed by atoms with Gasteiger partial charge in [0, 0.05) is 19.3 Å². The Bertz CT molecular complexity index is 504. The van der Waals surface area contributed by atoms with Crippen LogP contribution in [0, 0.1) is 11.3 Å². The van der Waals surface area contributed by atoms with Crippen molar-refractivity contribution < 1.29 is 4.79 Å². The number of amides is 1. The minimum Gasteiger partial charge on any atom is -0.309 e. The second-order valence-electron chi connectivity index (χ2n) is 6.87. The summed E-state index contributed by atoms with van der Waals surface area (Å²) in [5.41, 5.74) is 0.859. The van der Waals surface area contributed by atoms with Gasteiger partial charge in [-0.25, -0.2) is 0 Å². The second kappa shape index (κ2) is 6.37. The van der Waals surface area contributed by atoms with Crippen LogP contribution in [0.5, 0.6) is 0 Å². The summed E-state index contributed by atoms with van der Waals surface area (Å²) < 4.78 is 0. The molecule has 4 nitrogen and oxygen atoms in total. The van der Waals surface area contributed by atoms with Gasteiger partial charge >= 0.3 is 0 Å². The van der Waals surface area contributed by atoms with E-state index in [2.05, 4.69) is 23.7 Å². The first-order chi connectivity index (χ1) is 10.7. The lowest BCUT2D eigenvalue weighted by molar-refractivity contribution is -0.138. The third kappa shape index (κ3) is 2.76. The van der Waals surface area contributed by atoms with E-state index >= 15 is 0 Å². The molecule has 0 bridgehead atoms. The molecule has 22 heavy (non-hydrogen) atoms. The lowest BCUT2D eigenvalue weighted by atomic mass is 9.70. The molecule has 0 aromatic carbocycles. The molecule has 2 aliphatic rings. The van der Waals surface area contributed by atoms with Crippen LogP contribution in [0.1, 0.15) is 39.5 Å². The SMILES string of the molecule is CCC(CC)CN1CCC2(CC1)CN(c1cccnc1)C2=O. The zero-order chi connectivity index (χ0) is 15.6. The number of rotatable bonds is 5. The van der Waals surface area contributed by atoms with Gasteiger partial charge in [0.05, 0.1) is 17.3 Å². The minimum atomic E-state index is -0.0831. The summed E-state index contributed by atoms with van der Waals surface area (Å²) in [5, 5.41) is 0. The third-order valence-electron chi connectivity index (χ3n) is 5.60. The Morgan fingerprint density at radius 3 is 2.55 bits per heavy atom. The number of piperidine rings is 1. The van der Waals surface area contributed by atoms with E-state index in [0.717, 1.165) is 44.1 Å². The first kappa shape index (κ1) is 15.5. The Hall–Kier alpha value is -1.42. The lowest BCUT2D eigenvalue weighted by Gasteiger charge is -2.52. The van der Waals surface area contributed by atoms with E-state index in [-0.39, 0.29) is 5.41 Å². The van der Waals surface area contributed by atoms with Crippen LogP contribution in [0.25, 0.3) is 0 Å². The van der Waals surface area contributed by atoms with Crippen molar-refractivity contribution in [1.29, 1.82) is 0 Å². The van der Waals surface area contributed by atoms with E-state index in [1.165, 1.54) is 19.4 Å². The van der Waals surface area contributed by atoms with Crippen molar-refractivity contribution in [3.63, 3.8) is 0 Å². The van der Waals surface area contributed by atoms with Crippen LogP contribution in [0.2, 0.25) is 0 Å². The summed E-state index contributed by atoms with van der Waals surface area (Å²) in [4.78, 5) is 21.2. The molecule has 4 heteroatoms. The average molecular weight is 301 g/mol. The summed E-state index contributed by atoms with van der Waals surface area (Å²) >= 11 is 0. The fraction of sp³-hybridized carbons (Fsp3) is 0.667. The van der Waals surface area contributed by atoms with Gasteiger partial charge in [0.15, 0.2) is 0 Å². The topological polar surface area (TPSA) is 36.4 Å². The number of likely N-dealkylation sites (tertiary alicyclic amines) is 1. The van der Waals surface area contributed by atoms with Gasteiger partial charge < -0.3 is 9.80 Å². The van der Waals surface area contributed by atoms with Crippen molar-refractivity contribution >= 4 is 11.6 Å². The molecular formula is C18H27N3O. The van der Waals surface area contributed by atoms with Crippen LogP contribution in [-0.2, 0) is 4.79 Å². The van der Waals surface area contributed by atoms with E-state index in [0.29, 0.717) is 5.91 Å². The van der Waals surface area contributed by atoms with Gasteiger partial charge in [0.1, 0.15) is 0 Å². The molecule has 120 valence electrons. The quantitative estimate of drug-likeness (QED) is 0.785. The van der Waals surface area contributed by atoms with E-state index in [9.17, 15) is 4.79 Å². The van der Waals surface area contributed by atoms with E-state index in [1.54, 1.807) is 12.4 Å². The molecule has 0 saturated carbocycles. The van der Waals surface area contributed by atoms with Crippen LogP contribution in [0.3, 0.4) is 0 Å². The fourth-order valence-electron chi connectivity index (χ4n) is 3.81. The number of anilines is 1. The molecule has 0 radical (unpaired) electrons. The third-order valence-corrected chi connectivity index (χ3v) is 5.60. The lowest BCUT2D eigenvalue weighted by Crippen LogP contribution is -2.65. The molecule has 1 aromatic heterocycles. The number of hydrogen-bond donors (Lipinski definition) is 0. The fourth-order valence-corrected chi connectivity index (χ4v) is 3.81. The van der Waals surface area contributed by atoms with E-state index in [4.69, 9.17) is 0 Å². The molecular weight excluding hydrogens is 274 g/mol. The largest absolute Gasteiger partial charge is 0.309 e. The molecule has 0 unspecified atom stereocenters. The Morgan fingerprint density at radius 2 is 2.00 bits per heavy atom. The molecule has 2 fully saturated rings. The Balaban J connectivity index is 1.55. The number of carbonyl (C=O) groups is 1. The van der Waals surface area contributed by atoms with E-state index in [1.807, 2.05) is 17.0 Å². The summed E-state index contributed by atoms with van der Waals surface area (Å²) in [6, 6.07) is 3.87. The first-order valence-electron chi connectivity index (χ1n) is 8.63.